The van der Waals surface area contributed by atoms with Crippen LogP contribution in [0.5, 0.6) is 5.75 Å². The molecule has 3 N–H and O–H groups in total. The van der Waals surface area contributed by atoms with E-state index in [-0.39, 0.29) is 17.2 Å². The minimum Gasteiger partial charge on any atom is -0.507 e. The average Bonchev–Trinajstić information content (AvgIpc) is 2.79. The molecule has 0 radical (unpaired) electrons. The van der Waals surface area contributed by atoms with Gasteiger partial charge in [0.15, 0.2) is 5.78 Å². The topological polar surface area (TPSA) is 117 Å². The summed E-state index contributed by atoms with van der Waals surface area (Å²) in [5, 5.41) is 21.1. The quantitative estimate of drug-likeness (QED) is 0.199. The van der Waals surface area contributed by atoms with Gasteiger partial charge in [-0.15, -0.1) is 0 Å². The number of ketones is 1. The molecule has 0 aliphatic carbocycles. The van der Waals surface area contributed by atoms with E-state index in [2.05, 4.69) is 12.2 Å². The maximum absolute atomic E-state index is 12.9. The van der Waals surface area contributed by atoms with E-state index in [1.807, 2.05) is 31.2 Å². The molecule has 1 atom stereocenters. The number of rotatable bonds is 12. The van der Waals surface area contributed by atoms with E-state index in [9.17, 15) is 19.5 Å². The molecule has 1 unspecified atom stereocenters. The third-order valence-electron chi connectivity index (χ3n) is 5.54. The third-order valence-corrected chi connectivity index (χ3v) is 5.54. The molecule has 0 aliphatic rings. The molecule has 0 aliphatic heterocycles. The molecule has 0 bridgehead atoms. The summed E-state index contributed by atoms with van der Waals surface area (Å²) in [6.07, 6.45) is 9.12. The van der Waals surface area contributed by atoms with Gasteiger partial charge in [0.05, 0.1) is 0 Å². The summed E-state index contributed by atoms with van der Waals surface area (Å²) in [4.78, 5) is 35.8. The molecule has 1 heterocycles. The van der Waals surface area contributed by atoms with Crippen LogP contribution in [0.3, 0.4) is 0 Å². The van der Waals surface area contributed by atoms with E-state index in [1.165, 1.54) is 30.7 Å². The van der Waals surface area contributed by atoms with Gasteiger partial charge in [0.25, 0.3) is 0 Å². The number of allylic oxidation sites excluding steroid dienone is 2. The summed E-state index contributed by atoms with van der Waals surface area (Å²) in [6.45, 7) is 5.59. The van der Waals surface area contributed by atoms with Crippen LogP contribution in [0.15, 0.2) is 57.4 Å². The highest BCUT2D eigenvalue weighted by molar-refractivity contribution is 6.12. The molecule has 7 nitrogen and oxygen atoms in total. The highest BCUT2D eigenvalue weighted by atomic mass is 16.4. The lowest BCUT2D eigenvalue weighted by atomic mass is 9.99. The van der Waals surface area contributed by atoms with Crippen LogP contribution < -0.4 is 10.9 Å². The maximum atomic E-state index is 12.9. The number of unbranched alkanes of at least 4 members (excludes halogenated alkanes) is 2. The van der Waals surface area contributed by atoms with Crippen LogP contribution in [0, 0.1) is 0 Å². The van der Waals surface area contributed by atoms with Crippen molar-refractivity contribution < 1.29 is 24.2 Å². The van der Waals surface area contributed by atoms with Crippen LogP contribution in [0.25, 0.3) is 6.08 Å². The Labute approximate surface area is 199 Å². The van der Waals surface area contributed by atoms with Crippen molar-refractivity contribution in [2.45, 2.75) is 65.2 Å². The lowest BCUT2D eigenvalue weighted by Crippen LogP contribution is -2.16. The Morgan fingerprint density at radius 1 is 1.18 bits per heavy atom. The van der Waals surface area contributed by atoms with Gasteiger partial charge < -0.3 is 14.6 Å². The lowest BCUT2D eigenvalue weighted by Gasteiger charge is -2.11. The van der Waals surface area contributed by atoms with Gasteiger partial charge in [0.1, 0.15) is 17.1 Å². The third kappa shape index (κ3) is 8.06. The molecule has 1 amide bonds. The van der Waals surface area contributed by atoms with Gasteiger partial charge in [-0.2, -0.15) is 0 Å². The highest BCUT2D eigenvalue weighted by Crippen LogP contribution is 2.26. The standard InChI is InChI=1S/C27H33NO6/c1-4-5-6-10-20-11-13-21(14-12-20)16-19(3)25(30)24-22(29)17-23(34-26(24)31)18(2)9-7-8-15-28-27(32)33/h8,11-18,28-29H,4-7,9-10H2,1-3H3,(H,32,33)/b15-8?,19-16+. The van der Waals surface area contributed by atoms with Gasteiger partial charge in [-0.25, -0.2) is 9.59 Å². The summed E-state index contributed by atoms with van der Waals surface area (Å²) in [5.41, 5.74) is 1.13. The second kappa shape index (κ2) is 13.2. The van der Waals surface area contributed by atoms with Gasteiger partial charge in [-0.05, 0) is 55.4 Å². The summed E-state index contributed by atoms with van der Waals surface area (Å²) < 4.78 is 5.33. The number of amides is 1. The highest BCUT2D eigenvalue weighted by Gasteiger charge is 2.22. The second-order valence-electron chi connectivity index (χ2n) is 8.38. The first kappa shape index (κ1) is 26.6. The van der Waals surface area contributed by atoms with Crippen LogP contribution in [-0.4, -0.2) is 22.1 Å². The molecule has 7 heteroatoms. The van der Waals surface area contributed by atoms with Crippen molar-refractivity contribution in [2.75, 3.05) is 0 Å². The summed E-state index contributed by atoms with van der Waals surface area (Å²) in [7, 11) is 0. The summed E-state index contributed by atoms with van der Waals surface area (Å²) >= 11 is 0. The molecule has 2 aromatic rings. The van der Waals surface area contributed by atoms with Crippen LogP contribution in [0.1, 0.15) is 86.0 Å². The Kier molecular flexibility index (Phi) is 10.3. The smallest absolute Gasteiger partial charge is 0.408 e. The number of aromatic hydroxyl groups is 1. The van der Waals surface area contributed by atoms with Crippen molar-refractivity contribution >= 4 is 18.0 Å². The molecule has 0 fully saturated rings. The number of aryl methyl sites for hydroxylation is 1. The van der Waals surface area contributed by atoms with E-state index in [0.717, 1.165) is 18.4 Å². The molecule has 182 valence electrons. The van der Waals surface area contributed by atoms with E-state index in [4.69, 9.17) is 9.52 Å². The van der Waals surface area contributed by atoms with E-state index in [1.54, 1.807) is 19.1 Å². The molecule has 0 saturated carbocycles. The Morgan fingerprint density at radius 2 is 1.88 bits per heavy atom. The van der Waals surface area contributed by atoms with Crippen molar-refractivity contribution in [1.29, 1.82) is 0 Å². The van der Waals surface area contributed by atoms with E-state index < -0.39 is 23.3 Å². The minimum absolute atomic E-state index is 0.218. The van der Waals surface area contributed by atoms with E-state index >= 15 is 0 Å². The fourth-order valence-electron chi connectivity index (χ4n) is 3.53. The van der Waals surface area contributed by atoms with E-state index in [0.29, 0.717) is 18.4 Å². The zero-order valence-electron chi connectivity index (χ0n) is 20.0. The van der Waals surface area contributed by atoms with Crippen LogP contribution in [-0.2, 0) is 6.42 Å². The number of hydrogen-bond acceptors (Lipinski definition) is 5. The first-order chi connectivity index (χ1) is 16.2. The van der Waals surface area contributed by atoms with Gasteiger partial charge in [0, 0.05) is 18.2 Å². The van der Waals surface area contributed by atoms with Gasteiger partial charge >= 0.3 is 11.7 Å². The number of carbonyl (C=O) groups is 2. The normalized spacial score (nSPS) is 12.6. The van der Waals surface area contributed by atoms with Crippen molar-refractivity contribution in [1.82, 2.24) is 5.32 Å². The molecular weight excluding hydrogens is 434 g/mol. The first-order valence-electron chi connectivity index (χ1n) is 11.6. The van der Waals surface area contributed by atoms with Crippen molar-refractivity contribution in [2.24, 2.45) is 0 Å². The number of benzene rings is 1. The maximum Gasteiger partial charge on any atom is 0.408 e. The molecule has 0 spiro atoms. The van der Waals surface area contributed by atoms with Crippen LogP contribution >= 0.6 is 0 Å². The molecular formula is C27H33NO6. The average molecular weight is 468 g/mol. The van der Waals surface area contributed by atoms with Gasteiger partial charge in [-0.1, -0.05) is 57.0 Å². The fourth-order valence-corrected chi connectivity index (χ4v) is 3.53. The Hall–Kier alpha value is -3.61. The van der Waals surface area contributed by atoms with Gasteiger partial charge in [-0.3, -0.25) is 10.1 Å². The molecule has 1 aromatic heterocycles. The van der Waals surface area contributed by atoms with Crippen molar-refractivity contribution in [3.05, 3.63) is 81.1 Å². The Bertz CT molecular complexity index is 1100. The SMILES string of the molecule is CCCCCc1ccc(/C=C(\C)C(=O)c2c(O)cc(C(C)CCC=CNC(=O)O)oc2=O)cc1. The second-order valence-corrected chi connectivity index (χ2v) is 8.38. The monoisotopic (exact) mass is 467 g/mol. The van der Waals surface area contributed by atoms with Gasteiger partial charge in [0.2, 0.25) is 0 Å². The number of carboxylic acid groups (broad SMARTS) is 1. The van der Waals surface area contributed by atoms with Crippen molar-refractivity contribution in [3.8, 4) is 5.75 Å². The molecule has 1 aromatic carbocycles. The summed E-state index contributed by atoms with van der Waals surface area (Å²) in [5.74, 6) is -0.950. The first-order valence-corrected chi connectivity index (χ1v) is 11.6. The minimum atomic E-state index is -1.15. The molecule has 0 saturated heterocycles. The number of carbonyl (C=O) groups excluding carboxylic acids is 1. The molecule has 2 rings (SSSR count). The largest absolute Gasteiger partial charge is 0.507 e. The Morgan fingerprint density at radius 3 is 2.50 bits per heavy atom. The Balaban J connectivity index is 2.09. The summed E-state index contributed by atoms with van der Waals surface area (Å²) in [6, 6.07) is 9.25. The predicted octanol–water partition coefficient (Wildman–Crippen LogP) is 6.03. The lowest BCUT2D eigenvalue weighted by molar-refractivity contribution is 0.102. The fraction of sp³-hybridized carbons (Fsp3) is 0.370. The predicted molar refractivity (Wildman–Crippen MR) is 132 cm³/mol. The zero-order valence-corrected chi connectivity index (χ0v) is 20.0. The zero-order chi connectivity index (χ0) is 25.1. The molecule has 34 heavy (non-hydrogen) atoms. The van der Waals surface area contributed by atoms with Crippen LogP contribution in [0.4, 0.5) is 4.79 Å². The van der Waals surface area contributed by atoms with Crippen LogP contribution in [0.2, 0.25) is 0 Å². The number of hydrogen-bond donors (Lipinski definition) is 3. The number of nitrogens with one attached hydrogen (secondary N) is 1. The number of Topliss-reactive ketones (excluding diaryl/α,β-unsaturated/α-hetero) is 1. The van der Waals surface area contributed by atoms with Crippen molar-refractivity contribution in [3.63, 3.8) is 0 Å².